The van der Waals surface area contributed by atoms with E-state index in [1.165, 1.54) is 0 Å². The average Bonchev–Trinajstić information content (AvgIpc) is 1.70. The van der Waals surface area contributed by atoms with Crippen molar-refractivity contribution in [2.45, 2.75) is 20.8 Å². The molecule has 0 aliphatic rings. The monoisotopic (exact) mass is 216 g/mol. The number of hydrogen-bond donors (Lipinski definition) is 0. The summed E-state index contributed by atoms with van der Waals surface area (Å²) < 4.78 is 0. The van der Waals surface area contributed by atoms with Gasteiger partial charge < -0.3 is 18.2 Å². The largest absolute Gasteiger partial charge is 3.00 e. The minimum absolute atomic E-state index is 0. The molecule has 6 heteroatoms. The minimum Gasteiger partial charge on any atom is -1.00 e. The van der Waals surface area contributed by atoms with E-state index in [0.717, 1.165) is 0 Å². The zero-order valence-electron chi connectivity index (χ0n) is 10.1. The Bertz CT molecular complexity index is 35.8. The minimum atomic E-state index is 0. The van der Waals surface area contributed by atoms with Gasteiger partial charge in [-0.05, 0) is 0 Å². The first kappa shape index (κ1) is 37.6. The maximum absolute atomic E-state index is 8.93. The third-order valence-corrected chi connectivity index (χ3v) is 0. The smallest absolute Gasteiger partial charge is 1.00 e. The first-order valence-electron chi connectivity index (χ1n) is 2.99. The van der Waals surface area contributed by atoms with Gasteiger partial charge in [0.15, 0.2) is 0 Å². The molecule has 4 radical (unpaired) electrons. The van der Waals surface area contributed by atoms with E-state index < -0.39 is 0 Å². The van der Waals surface area contributed by atoms with Gasteiger partial charge >= 0.3 is 40.4 Å². The SMILES string of the molecule is CC[O-].CC[O-].CC[O-].[Al+3].[H-].[H-].[Mg+2].[Si]. The zero-order valence-corrected chi connectivity index (χ0v) is 11.7. The van der Waals surface area contributed by atoms with Crippen molar-refractivity contribution < 1.29 is 18.2 Å². The summed E-state index contributed by atoms with van der Waals surface area (Å²) in [6.45, 7) is 4.71. The third kappa shape index (κ3) is 632. The molecular formula is C6H17AlMgO3Si. The fourth-order valence-corrected chi connectivity index (χ4v) is 0. The van der Waals surface area contributed by atoms with Crippen LogP contribution in [0, 0.1) is 0 Å². The van der Waals surface area contributed by atoms with Crippen LogP contribution in [0.4, 0.5) is 0 Å². The van der Waals surface area contributed by atoms with Crippen molar-refractivity contribution in [2.24, 2.45) is 0 Å². The molecule has 0 spiro atoms. The fourth-order valence-electron chi connectivity index (χ4n) is 0. The molecule has 0 saturated heterocycles. The first-order valence-corrected chi connectivity index (χ1v) is 2.99. The first-order chi connectivity index (χ1) is 4.24. The van der Waals surface area contributed by atoms with Crippen LogP contribution in [0.1, 0.15) is 23.6 Å². The van der Waals surface area contributed by atoms with Crippen LogP contribution in [0.3, 0.4) is 0 Å². The molecule has 0 aromatic heterocycles. The molecule has 0 N–H and O–H groups in total. The Hall–Kier alpha value is 1.40. The molecule has 3 nitrogen and oxygen atoms in total. The third-order valence-electron chi connectivity index (χ3n) is 0. The molecule has 0 fully saturated rings. The number of hydrogen-bond acceptors (Lipinski definition) is 3. The van der Waals surface area contributed by atoms with Gasteiger partial charge in [0.1, 0.15) is 0 Å². The van der Waals surface area contributed by atoms with Gasteiger partial charge in [-0.3, -0.25) is 0 Å². The summed E-state index contributed by atoms with van der Waals surface area (Å²) >= 11 is 0. The molecule has 0 aliphatic carbocycles. The van der Waals surface area contributed by atoms with Crippen LogP contribution in [0.2, 0.25) is 0 Å². The van der Waals surface area contributed by atoms with Gasteiger partial charge in [0, 0.05) is 11.0 Å². The second-order valence-corrected chi connectivity index (χ2v) is 0.866. The second kappa shape index (κ2) is 83.3. The van der Waals surface area contributed by atoms with Gasteiger partial charge in [0.05, 0.1) is 0 Å². The molecule has 12 heavy (non-hydrogen) atoms. The molecule has 0 aliphatic heterocycles. The number of rotatable bonds is 0. The molecule has 0 bridgehead atoms. The van der Waals surface area contributed by atoms with E-state index in [1.54, 1.807) is 20.8 Å². The molecule has 0 atom stereocenters. The predicted octanol–water partition coefficient (Wildman–Crippen LogP) is -2.82. The summed E-state index contributed by atoms with van der Waals surface area (Å²) in [6, 6.07) is 0. The van der Waals surface area contributed by atoms with Gasteiger partial charge in [0.25, 0.3) is 0 Å². The fraction of sp³-hybridized carbons (Fsp3) is 1.00. The van der Waals surface area contributed by atoms with Crippen molar-refractivity contribution in [3.05, 3.63) is 0 Å². The van der Waals surface area contributed by atoms with E-state index in [4.69, 9.17) is 15.3 Å². The van der Waals surface area contributed by atoms with Crippen molar-refractivity contribution in [3.8, 4) is 0 Å². The van der Waals surface area contributed by atoms with Gasteiger partial charge in [0.2, 0.25) is 0 Å². The quantitative estimate of drug-likeness (QED) is 0.410. The van der Waals surface area contributed by atoms with E-state index in [0.29, 0.717) is 0 Å². The molecule has 0 aromatic rings. The molecule has 0 unspecified atom stereocenters. The predicted molar refractivity (Wildman–Crippen MR) is 51.1 cm³/mol. The molecule has 0 rings (SSSR count). The molecular weight excluding hydrogens is 199 g/mol. The van der Waals surface area contributed by atoms with Crippen molar-refractivity contribution in [1.82, 2.24) is 0 Å². The molecule has 68 valence electrons. The van der Waals surface area contributed by atoms with Crippen LogP contribution in [0.15, 0.2) is 0 Å². The van der Waals surface area contributed by atoms with Crippen LogP contribution < -0.4 is 15.3 Å². The average molecular weight is 217 g/mol. The summed E-state index contributed by atoms with van der Waals surface area (Å²) in [6.07, 6.45) is 0. The Morgan fingerprint density at radius 3 is 0.833 bits per heavy atom. The molecule has 0 aromatic carbocycles. The van der Waals surface area contributed by atoms with E-state index in [1.807, 2.05) is 0 Å². The van der Waals surface area contributed by atoms with E-state index >= 15 is 0 Å². The van der Waals surface area contributed by atoms with Crippen molar-refractivity contribution in [1.29, 1.82) is 0 Å². The molecule has 0 amide bonds. The van der Waals surface area contributed by atoms with Crippen molar-refractivity contribution in [3.63, 3.8) is 0 Å². The molecule has 0 heterocycles. The van der Waals surface area contributed by atoms with Gasteiger partial charge in [-0.15, -0.1) is 19.8 Å². The van der Waals surface area contributed by atoms with E-state index in [9.17, 15) is 0 Å². The van der Waals surface area contributed by atoms with Crippen molar-refractivity contribution >= 4 is 51.4 Å². The van der Waals surface area contributed by atoms with Crippen LogP contribution in [0.25, 0.3) is 0 Å². The maximum atomic E-state index is 8.93. The standard InChI is InChI=1S/3C2H5O.Al.Mg.Si.2H/c3*1-2-3;;;;;/h3*2H2,1H3;;;;;/q3*-1;+3;+2;;2*-1. The van der Waals surface area contributed by atoms with Gasteiger partial charge in [-0.1, -0.05) is 20.8 Å². The van der Waals surface area contributed by atoms with Crippen LogP contribution in [-0.2, 0) is 0 Å². The zero-order chi connectivity index (χ0) is 8.12. The summed E-state index contributed by atoms with van der Waals surface area (Å²) in [4.78, 5) is 0. The normalized spacial score (nSPS) is 4.50. The van der Waals surface area contributed by atoms with Crippen LogP contribution in [-0.4, -0.2) is 71.2 Å². The summed E-state index contributed by atoms with van der Waals surface area (Å²) in [5.41, 5.74) is 0. The Morgan fingerprint density at radius 1 is 0.833 bits per heavy atom. The maximum Gasteiger partial charge on any atom is 3.00 e. The molecule has 0 saturated carbocycles. The Kier molecular flexibility index (Phi) is 261. The Labute approximate surface area is 110 Å². The van der Waals surface area contributed by atoms with Gasteiger partial charge in [-0.25, -0.2) is 0 Å². The summed E-state index contributed by atoms with van der Waals surface area (Å²) in [7, 11) is 0. The Balaban J connectivity index is -0.00000000545. The summed E-state index contributed by atoms with van der Waals surface area (Å²) in [5, 5.41) is 26.8. The summed E-state index contributed by atoms with van der Waals surface area (Å²) in [5.74, 6) is 0. The Morgan fingerprint density at radius 2 is 0.833 bits per heavy atom. The van der Waals surface area contributed by atoms with Crippen LogP contribution >= 0.6 is 0 Å². The van der Waals surface area contributed by atoms with Gasteiger partial charge in [-0.2, -0.15) is 0 Å². The second-order valence-electron chi connectivity index (χ2n) is 0.866. The van der Waals surface area contributed by atoms with Crippen LogP contribution in [0.5, 0.6) is 0 Å². The van der Waals surface area contributed by atoms with E-state index in [2.05, 4.69) is 0 Å². The van der Waals surface area contributed by atoms with Crippen molar-refractivity contribution in [2.75, 3.05) is 19.8 Å². The van der Waals surface area contributed by atoms with E-state index in [-0.39, 0.29) is 74.1 Å². The topological polar surface area (TPSA) is 69.2 Å².